The zero-order valence-corrected chi connectivity index (χ0v) is 13.2. The number of rotatable bonds is 6. The molecule has 0 saturated heterocycles. The number of benzene rings is 1. The summed E-state index contributed by atoms with van der Waals surface area (Å²) in [6.45, 7) is 4.44. The Hall–Kier alpha value is -1.75. The quantitative estimate of drug-likeness (QED) is 0.630. The number of carbonyl (C=O) groups is 1. The van der Waals surface area contributed by atoms with Crippen LogP contribution in [0.15, 0.2) is 34.3 Å². The summed E-state index contributed by atoms with van der Waals surface area (Å²) in [4.78, 5) is 10.5. The molecule has 0 aliphatic heterocycles. The molecule has 0 aliphatic rings. The zero-order chi connectivity index (χ0) is 15.1. The highest BCUT2D eigenvalue weighted by Gasteiger charge is 2.10. The second-order valence-corrected chi connectivity index (χ2v) is 5.15. The van der Waals surface area contributed by atoms with Crippen LogP contribution in [0.3, 0.4) is 0 Å². The lowest BCUT2D eigenvalue weighted by Gasteiger charge is -2.12. The van der Waals surface area contributed by atoms with Gasteiger partial charge < -0.3 is 14.6 Å². The van der Waals surface area contributed by atoms with E-state index < -0.39 is 5.97 Å². The molecule has 1 rings (SSSR count). The summed E-state index contributed by atoms with van der Waals surface area (Å²) in [6.07, 6.45) is 4.53. The van der Waals surface area contributed by atoms with Crippen molar-refractivity contribution >= 4 is 28.0 Å². The molecule has 0 aromatic heterocycles. The maximum Gasteiger partial charge on any atom is 0.328 e. The number of carboxylic acids is 1. The normalized spacial score (nSPS) is 10.4. The number of aliphatic carboxylic acids is 1. The summed E-state index contributed by atoms with van der Waals surface area (Å²) in [5.41, 5.74) is 1.88. The molecule has 0 heterocycles. The minimum absolute atomic E-state index is 0.446. The Morgan fingerprint density at radius 3 is 2.65 bits per heavy atom. The van der Waals surface area contributed by atoms with E-state index in [1.54, 1.807) is 19.2 Å². The first-order valence-electron chi connectivity index (χ1n) is 5.98. The highest BCUT2D eigenvalue weighted by molar-refractivity contribution is 9.10. The largest absolute Gasteiger partial charge is 0.493 e. The Kier molecular flexibility index (Phi) is 6.31. The monoisotopic (exact) mass is 340 g/mol. The number of ether oxygens (including phenoxy) is 2. The fraction of sp³-hybridized carbons (Fsp3) is 0.267. The SMILES string of the molecule is COc1cc(/C=C/C(=O)O)cc(Br)c1OCC=C(C)C. The fourth-order valence-electron chi connectivity index (χ4n) is 1.44. The minimum Gasteiger partial charge on any atom is -0.493 e. The first-order chi connectivity index (χ1) is 9.43. The Labute approximate surface area is 126 Å². The van der Waals surface area contributed by atoms with Crippen LogP contribution in [0.4, 0.5) is 0 Å². The van der Waals surface area contributed by atoms with Gasteiger partial charge in [0.2, 0.25) is 0 Å². The van der Waals surface area contributed by atoms with Crippen LogP contribution < -0.4 is 9.47 Å². The second kappa shape index (κ2) is 7.75. The molecule has 4 nitrogen and oxygen atoms in total. The van der Waals surface area contributed by atoms with Crippen LogP contribution in [0, 0.1) is 0 Å². The molecule has 0 spiro atoms. The van der Waals surface area contributed by atoms with Gasteiger partial charge in [0.05, 0.1) is 11.6 Å². The van der Waals surface area contributed by atoms with Crippen molar-refractivity contribution in [2.24, 2.45) is 0 Å². The minimum atomic E-state index is -0.996. The van der Waals surface area contributed by atoms with Gasteiger partial charge >= 0.3 is 5.97 Å². The van der Waals surface area contributed by atoms with E-state index in [9.17, 15) is 4.79 Å². The van der Waals surface area contributed by atoms with Crippen molar-refractivity contribution in [3.63, 3.8) is 0 Å². The van der Waals surface area contributed by atoms with Crippen molar-refractivity contribution < 1.29 is 19.4 Å². The predicted octanol–water partition coefficient (Wildman–Crippen LogP) is 3.90. The third-order valence-corrected chi connectivity index (χ3v) is 2.98. The number of halogens is 1. The second-order valence-electron chi connectivity index (χ2n) is 4.30. The molecule has 0 saturated carbocycles. The van der Waals surface area contributed by atoms with Crippen LogP contribution in [0.1, 0.15) is 19.4 Å². The van der Waals surface area contributed by atoms with Gasteiger partial charge in [0, 0.05) is 6.08 Å². The van der Waals surface area contributed by atoms with Crippen molar-refractivity contribution in [2.75, 3.05) is 13.7 Å². The molecule has 0 fully saturated rings. The lowest BCUT2D eigenvalue weighted by Crippen LogP contribution is -1.98. The number of carboxylic acid groups (broad SMARTS) is 1. The molecule has 1 N–H and O–H groups in total. The van der Waals surface area contributed by atoms with Gasteiger partial charge in [0.15, 0.2) is 11.5 Å². The van der Waals surface area contributed by atoms with Crippen LogP contribution in [0.5, 0.6) is 11.5 Å². The average Bonchev–Trinajstić information content (AvgIpc) is 2.37. The van der Waals surface area contributed by atoms with E-state index in [0.29, 0.717) is 28.1 Å². The maximum atomic E-state index is 10.5. The summed E-state index contributed by atoms with van der Waals surface area (Å²) < 4.78 is 11.6. The highest BCUT2D eigenvalue weighted by atomic mass is 79.9. The molecular formula is C15H17BrO4. The van der Waals surface area contributed by atoms with Crippen LogP contribution in [0.25, 0.3) is 6.08 Å². The van der Waals surface area contributed by atoms with Gasteiger partial charge in [0.25, 0.3) is 0 Å². The molecule has 0 amide bonds. The van der Waals surface area contributed by atoms with Gasteiger partial charge in [-0.2, -0.15) is 0 Å². The molecule has 0 atom stereocenters. The van der Waals surface area contributed by atoms with Crippen LogP contribution in [0.2, 0.25) is 0 Å². The van der Waals surface area contributed by atoms with Gasteiger partial charge in [-0.1, -0.05) is 5.57 Å². The molecular weight excluding hydrogens is 324 g/mol. The van der Waals surface area contributed by atoms with Gasteiger partial charge in [0.1, 0.15) is 6.61 Å². The third kappa shape index (κ3) is 5.09. The summed E-state index contributed by atoms with van der Waals surface area (Å²) in [6, 6.07) is 3.50. The summed E-state index contributed by atoms with van der Waals surface area (Å²) >= 11 is 3.41. The summed E-state index contributed by atoms with van der Waals surface area (Å²) in [5, 5.41) is 8.63. The highest BCUT2D eigenvalue weighted by Crippen LogP contribution is 2.37. The molecule has 0 unspecified atom stereocenters. The van der Waals surface area contributed by atoms with Crippen molar-refractivity contribution in [2.45, 2.75) is 13.8 Å². The first kappa shape index (κ1) is 16.3. The summed E-state index contributed by atoms with van der Waals surface area (Å²) in [7, 11) is 1.54. The molecule has 1 aromatic rings. The molecule has 0 bridgehead atoms. The van der Waals surface area contributed by atoms with Gasteiger partial charge in [-0.05, 0) is 59.6 Å². The Bertz CT molecular complexity index is 543. The predicted molar refractivity (Wildman–Crippen MR) is 82.3 cm³/mol. The van der Waals surface area contributed by atoms with Gasteiger partial charge in [-0.3, -0.25) is 0 Å². The number of hydrogen-bond acceptors (Lipinski definition) is 3. The zero-order valence-electron chi connectivity index (χ0n) is 11.6. The van der Waals surface area contributed by atoms with E-state index in [-0.39, 0.29) is 0 Å². The van der Waals surface area contributed by atoms with Crippen molar-refractivity contribution in [3.8, 4) is 11.5 Å². The third-order valence-electron chi connectivity index (χ3n) is 2.39. The summed E-state index contributed by atoms with van der Waals surface area (Å²) in [5.74, 6) is 0.146. The molecule has 0 radical (unpaired) electrons. The first-order valence-corrected chi connectivity index (χ1v) is 6.78. The number of methoxy groups -OCH3 is 1. The standard InChI is InChI=1S/C15H17BrO4/c1-10(2)6-7-20-15-12(16)8-11(4-5-14(17)18)9-13(15)19-3/h4-6,8-9H,7H2,1-3H3,(H,17,18)/b5-4+. The van der Waals surface area contributed by atoms with Gasteiger partial charge in [-0.15, -0.1) is 0 Å². The van der Waals surface area contributed by atoms with E-state index in [2.05, 4.69) is 15.9 Å². The fourth-order valence-corrected chi connectivity index (χ4v) is 2.01. The average molecular weight is 341 g/mol. The van der Waals surface area contributed by atoms with E-state index in [0.717, 1.165) is 6.08 Å². The van der Waals surface area contributed by atoms with E-state index in [1.165, 1.54) is 11.6 Å². The number of hydrogen-bond donors (Lipinski definition) is 1. The van der Waals surface area contributed by atoms with Crippen LogP contribution in [-0.2, 0) is 4.79 Å². The molecule has 1 aromatic carbocycles. The maximum absolute atomic E-state index is 10.5. The van der Waals surface area contributed by atoms with Crippen molar-refractivity contribution in [1.82, 2.24) is 0 Å². The Morgan fingerprint density at radius 2 is 2.10 bits per heavy atom. The Balaban J connectivity index is 3.01. The molecule has 5 heteroatoms. The van der Waals surface area contributed by atoms with Crippen LogP contribution >= 0.6 is 15.9 Å². The van der Waals surface area contributed by atoms with E-state index in [4.69, 9.17) is 14.6 Å². The molecule has 0 aliphatic carbocycles. The lowest BCUT2D eigenvalue weighted by atomic mass is 10.2. The van der Waals surface area contributed by atoms with Crippen molar-refractivity contribution in [1.29, 1.82) is 0 Å². The van der Waals surface area contributed by atoms with E-state index in [1.807, 2.05) is 19.9 Å². The lowest BCUT2D eigenvalue weighted by molar-refractivity contribution is -0.131. The van der Waals surface area contributed by atoms with E-state index >= 15 is 0 Å². The topological polar surface area (TPSA) is 55.8 Å². The Morgan fingerprint density at radius 1 is 1.40 bits per heavy atom. The van der Waals surface area contributed by atoms with Crippen LogP contribution in [-0.4, -0.2) is 24.8 Å². The van der Waals surface area contributed by atoms with Gasteiger partial charge in [-0.25, -0.2) is 4.79 Å². The molecule has 108 valence electrons. The number of allylic oxidation sites excluding steroid dienone is 1. The molecule has 20 heavy (non-hydrogen) atoms. The van der Waals surface area contributed by atoms with Crippen molar-refractivity contribution in [3.05, 3.63) is 39.9 Å². The smallest absolute Gasteiger partial charge is 0.328 e.